The first-order valence-corrected chi connectivity index (χ1v) is 10.9. The van der Waals surface area contributed by atoms with Crippen LogP contribution in [0.3, 0.4) is 0 Å². The Morgan fingerprint density at radius 1 is 1.23 bits per heavy atom. The summed E-state index contributed by atoms with van der Waals surface area (Å²) in [5.41, 5.74) is 2.26. The summed E-state index contributed by atoms with van der Waals surface area (Å²) in [5, 5.41) is 0. The quantitative estimate of drug-likeness (QED) is 0.556. The Morgan fingerprint density at radius 3 is 2.73 bits per heavy atom. The van der Waals surface area contributed by atoms with E-state index in [0.717, 1.165) is 49.6 Å². The summed E-state index contributed by atoms with van der Waals surface area (Å²) in [4.78, 5) is 17.6. The van der Waals surface area contributed by atoms with Gasteiger partial charge in [-0.05, 0) is 69.1 Å². The maximum atomic E-state index is 13.0. The number of esters is 1. The van der Waals surface area contributed by atoms with Gasteiger partial charge in [0.1, 0.15) is 11.8 Å². The molecule has 7 nitrogen and oxygen atoms in total. The van der Waals surface area contributed by atoms with Gasteiger partial charge in [0.05, 0.1) is 18.6 Å². The minimum atomic E-state index is -0.429. The summed E-state index contributed by atoms with van der Waals surface area (Å²) in [7, 11) is 3.64. The van der Waals surface area contributed by atoms with E-state index in [1.165, 1.54) is 11.1 Å². The first-order valence-electron chi connectivity index (χ1n) is 10.9. The van der Waals surface area contributed by atoms with Gasteiger partial charge in [-0.25, -0.2) is 0 Å². The highest BCUT2D eigenvalue weighted by molar-refractivity contribution is 5.80. The van der Waals surface area contributed by atoms with Crippen molar-refractivity contribution in [1.29, 1.82) is 0 Å². The molecule has 1 aliphatic carbocycles. The van der Waals surface area contributed by atoms with Crippen LogP contribution in [0.1, 0.15) is 36.8 Å². The van der Waals surface area contributed by atoms with Crippen molar-refractivity contribution >= 4 is 5.97 Å². The van der Waals surface area contributed by atoms with Crippen LogP contribution in [0.4, 0.5) is 0 Å². The zero-order valence-corrected chi connectivity index (χ0v) is 17.7. The zero-order valence-electron chi connectivity index (χ0n) is 17.7. The van der Waals surface area contributed by atoms with Crippen LogP contribution >= 0.6 is 0 Å². The molecule has 2 fully saturated rings. The van der Waals surface area contributed by atoms with Gasteiger partial charge in [-0.15, -0.1) is 0 Å². The van der Waals surface area contributed by atoms with Gasteiger partial charge in [0, 0.05) is 12.6 Å². The summed E-state index contributed by atoms with van der Waals surface area (Å²) in [5.74, 6) is 2.18. The van der Waals surface area contributed by atoms with Crippen molar-refractivity contribution in [3.8, 4) is 11.5 Å². The smallest absolute Gasteiger partial charge is 0.325 e. The number of likely N-dealkylation sites (N-methyl/N-ethyl adjacent to an activating group) is 1. The minimum absolute atomic E-state index is 0.00902. The third-order valence-corrected chi connectivity index (χ3v) is 7.90. The summed E-state index contributed by atoms with van der Waals surface area (Å²) < 4.78 is 23.4. The number of hydrogen-bond donors (Lipinski definition) is 0. The van der Waals surface area contributed by atoms with Crippen LogP contribution in [-0.4, -0.2) is 73.5 Å². The lowest BCUT2D eigenvalue weighted by Gasteiger charge is -2.39. The number of hydrogen-bond acceptors (Lipinski definition) is 7. The number of rotatable bonds is 3. The molecule has 1 spiro atoms. The molecule has 4 heterocycles. The van der Waals surface area contributed by atoms with E-state index in [0.29, 0.717) is 0 Å². The number of carbonyl (C=O) groups is 1. The highest BCUT2D eigenvalue weighted by Gasteiger charge is 2.59. The molecule has 4 aliphatic heterocycles. The molecule has 6 rings (SSSR count). The molecule has 1 aromatic rings. The highest BCUT2D eigenvalue weighted by atomic mass is 16.7. The second-order valence-corrected chi connectivity index (χ2v) is 9.17. The molecular formula is C23H28N2O5. The van der Waals surface area contributed by atoms with E-state index in [4.69, 9.17) is 18.9 Å². The number of methoxy groups -OCH3 is 1. The van der Waals surface area contributed by atoms with Gasteiger partial charge in [0.2, 0.25) is 6.79 Å². The third-order valence-electron chi connectivity index (χ3n) is 7.90. The molecule has 6 atom stereocenters. The van der Waals surface area contributed by atoms with E-state index in [1.54, 1.807) is 7.11 Å². The summed E-state index contributed by atoms with van der Waals surface area (Å²) in [6, 6.07) is 4.29. The van der Waals surface area contributed by atoms with Crippen molar-refractivity contribution in [3.63, 3.8) is 0 Å². The Hall–Kier alpha value is -2.25. The minimum Gasteiger partial charge on any atom is -0.497 e. The molecule has 1 aromatic carbocycles. The van der Waals surface area contributed by atoms with E-state index < -0.39 is 6.10 Å². The van der Waals surface area contributed by atoms with Gasteiger partial charge < -0.3 is 18.9 Å². The number of nitrogens with zero attached hydrogens (tertiary/aromatic N) is 2. The molecule has 0 radical (unpaired) electrons. The van der Waals surface area contributed by atoms with Crippen LogP contribution in [0, 0.1) is 0 Å². The number of ether oxygens (including phenoxy) is 4. The predicted octanol–water partition coefficient (Wildman–Crippen LogP) is 2.05. The molecule has 160 valence electrons. The standard InChI is InChI=1S/C23H28N2O5/c1-13-20(24(13)2)22(26)30-21-18(27-3)11-23-6-4-7-25(23)8-5-14-9-16-17(29-12-28-16)10-15(14)19(21)23/h9-11,13,19-21H,4-8,12H2,1-3H3/t13?,19-,20?,21?,23+,24?/m1/s1. The maximum absolute atomic E-state index is 13.0. The van der Waals surface area contributed by atoms with Crippen molar-refractivity contribution in [2.24, 2.45) is 0 Å². The zero-order chi connectivity index (χ0) is 20.6. The Kier molecular flexibility index (Phi) is 3.93. The van der Waals surface area contributed by atoms with Gasteiger partial charge in [0.15, 0.2) is 17.6 Å². The van der Waals surface area contributed by atoms with Crippen molar-refractivity contribution in [1.82, 2.24) is 9.80 Å². The van der Waals surface area contributed by atoms with Gasteiger partial charge in [-0.3, -0.25) is 14.6 Å². The number of fused-ring (bicyclic) bond motifs is 3. The molecule has 0 N–H and O–H groups in total. The molecular weight excluding hydrogens is 384 g/mol. The van der Waals surface area contributed by atoms with Crippen molar-refractivity contribution in [3.05, 3.63) is 35.1 Å². The van der Waals surface area contributed by atoms with E-state index in [-0.39, 0.29) is 36.3 Å². The fourth-order valence-electron chi connectivity index (χ4n) is 6.15. The summed E-state index contributed by atoms with van der Waals surface area (Å²) in [6.07, 6.45) is 4.92. The van der Waals surface area contributed by atoms with Crippen LogP contribution in [0.2, 0.25) is 0 Å². The van der Waals surface area contributed by atoms with Gasteiger partial charge in [-0.1, -0.05) is 0 Å². The first kappa shape index (κ1) is 18.5. The van der Waals surface area contributed by atoms with Gasteiger partial charge in [-0.2, -0.15) is 0 Å². The van der Waals surface area contributed by atoms with Gasteiger partial charge >= 0.3 is 5.97 Å². The Morgan fingerprint density at radius 2 is 2.00 bits per heavy atom. The topological polar surface area (TPSA) is 60.2 Å². The second kappa shape index (κ2) is 6.37. The fourth-order valence-corrected chi connectivity index (χ4v) is 6.15. The highest BCUT2D eigenvalue weighted by Crippen LogP contribution is 2.55. The largest absolute Gasteiger partial charge is 0.497 e. The van der Waals surface area contributed by atoms with Gasteiger partial charge in [0.25, 0.3) is 0 Å². The van der Waals surface area contributed by atoms with E-state index in [1.807, 2.05) is 11.9 Å². The number of carbonyl (C=O) groups excluding carboxylic acids is 1. The third kappa shape index (κ3) is 2.42. The van der Waals surface area contributed by atoms with E-state index in [2.05, 4.69) is 30.0 Å². The SMILES string of the molecule is COC1=C[C@]23CCCN2CCc2cc4c(cc2[C@@H]3C1OC(=O)C1C(C)N1C)OCO4. The van der Waals surface area contributed by atoms with E-state index in [9.17, 15) is 4.79 Å². The second-order valence-electron chi connectivity index (χ2n) is 9.17. The lowest BCUT2D eigenvalue weighted by atomic mass is 9.77. The Labute approximate surface area is 176 Å². The molecule has 30 heavy (non-hydrogen) atoms. The molecule has 0 saturated carbocycles. The maximum Gasteiger partial charge on any atom is 0.325 e. The lowest BCUT2D eigenvalue weighted by Crippen LogP contribution is -2.47. The summed E-state index contributed by atoms with van der Waals surface area (Å²) in [6.45, 7) is 4.33. The monoisotopic (exact) mass is 412 g/mol. The average Bonchev–Trinajstić information content (AvgIpc) is 3.13. The Balaban J connectivity index is 1.45. The van der Waals surface area contributed by atoms with Crippen LogP contribution in [-0.2, 0) is 20.7 Å². The first-order chi connectivity index (χ1) is 14.5. The van der Waals surface area contributed by atoms with Crippen molar-refractivity contribution in [2.75, 3.05) is 34.0 Å². The summed E-state index contributed by atoms with van der Waals surface area (Å²) >= 11 is 0. The van der Waals surface area contributed by atoms with Crippen LogP contribution in [0.25, 0.3) is 0 Å². The molecule has 0 bridgehead atoms. The number of benzene rings is 1. The molecule has 5 aliphatic rings. The lowest BCUT2D eigenvalue weighted by molar-refractivity contribution is -0.150. The van der Waals surface area contributed by atoms with E-state index >= 15 is 0 Å². The molecule has 0 aromatic heterocycles. The Bertz CT molecular complexity index is 938. The molecule has 7 heteroatoms. The molecule has 0 amide bonds. The van der Waals surface area contributed by atoms with Crippen LogP contribution in [0.15, 0.2) is 24.0 Å². The fraction of sp³-hybridized carbons (Fsp3) is 0.609. The normalized spacial score (nSPS) is 38.2. The predicted molar refractivity (Wildman–Crippen MR) is 109 cm³/mol. The molecule has 2 saturated heterocycles. The van der Waals surface area contributed by atoms with Crippen molar-refractivity contribution in [2.45, 2.75) is 55.8 Å². The average molecular weight is 412 g/mol. The van der Waals surface area contributed by atoms with Crippen LogP contribution in [0.5, 0.6) is 11.5 Å². The van der Waals surface area contributed by atoms with Crippen molar-refractivity contribution < 1.29 is 23.7 Å². The van der Waals surface area contributed by atoms with Crippen LogP contribution < -0.4 is 9.47 Å². The molecule has 4 unspecified atom stereocenters.